The zero-order valence-electron chi connectivity index (χ0n) is 16.3. The number of nitrogens with zero attached hydrogens (tertiary/aromatic N) is 1. The Balaban J connectivity index is 1.82. The lowest BCUT2D eigenvalue weighted by atomic mass is 10.1. The van der Waals surface area contributed by atoms with Gasteiger partial charge in [0.15, 0.2) is 0 Å². The van der Waals surface area contributed by atoms with Crippen LogP contribution in [0.2, 0.25) is 5.02 Å². The van der Waals surface area contributed by atoms with E-state index in [1.807, 2.05) is 26.0 Å². The van der Waals surface area contributed by atoms with Crippen molar-refractivity contribution in [2.24, 2.45) is 0 Å². The molecule has 2 amide bonds. The number of aryl methyl sites for hydroxylation is 2. The third kappa shape index (κ3) is 3.78. The summed E-state index contributed by atoms with van der Waals surface area (Å²) < 4.78 is 13.5. The van der Waals surface area contributed by atoms with Crippen LogP contribution >= 0.6 is 23.4 Å². The molecule has 0 saturated carbocycles. The molecule has 1 aliphatic rings. The molecule has 0 spiro atoms. The number of hydrogen-bond acceptors (Lipinski definition) is 3. The predicted molar refractivity (Wildman–Crippen MR) is 119 cm³/mol. The summed E-state index contributed by atoms with van der Waals surface area (Å²) in [5, 5.41) is 0.581. The van der Waals surface area contributed by atoms with Crippen molar-refractivity contribution < 1.29 is 14.0 Å². The van der Waals surface area contributed by atoms with E-state index in [-0.39, 0.29) is 5.57 Å². The Morgan fingerprint density at radius 3 is 2.13 bits per heavy atom. The van der Waals surface area contributed by atoms with Gasteiger partial charge in [-0.3, -0.25) is 9.59 Å². The quantitative estimate of drug-likeness (QED) is 0.458. The van der Waals surface area contributed by atoms with Crippen molar-refractivity contribution in [1.29, 1.82) is 0 Å². The van der Waals surface area contributed by atoms with E-state index in [0.717, 1.165) is 16.0 Å². The van der Waals surface area contributed by atoms with Crippen LogP contribution < -0.4 is 4.90 Å². The van der Waals surface area contributed by atoms with Crippen LogP contribution in [0.4, 0.5) is 10.1 Å². The number of thioether (sulfide) groups is 1. The Labute approximate surface area is 183 Å². The second-order valence-corrected chi connectivity index (χ2v) is 8.50. The average molecular weight is 438 g/mol. The van der Waals surface area contributed by atoms with Crippen LogP contribution in [0.5, 0.6) is 0 Å². The largest absolute Gasteiger partial charge is 0.272 e. The SMILES string of the molecule is Cc1ccc(N2C(=O)C(Sc3ccc(Cl)cc3)=C(c3ccc(F)cc3)C2=O)cc1C. The van der Waals surface area contributed by atoms with Crippen LogP contribution in [0.3, 0.4) is 0 Å². The summed E-state index contributed by atoms with van der Waals surface area (Å²) in [6.07, 6.45) is 0. The molecule has 0 radical (unpaired) electrons. The molecule has 0 unspecified atom stereocenters. The van der Waals surface area contributed by atoms with Gasteiger partial charge >= 0.3 is 0 Å². The first kappa shape index (κ1) is 20.4. The molecule has 4 rings (SSSR count). The zero-order chi connectivity index (χ0) is 21.4. The highest BCUT2D eigenvalue weighted by atomic mass is 35.5. The van der Waals surface area contributed by atoms with E-state index in [1.54, 1.807) is 30.3 Å². The highest BCUT2D eigenvalue weighted by Gasteiger charge is 2.40. The zero-order valence-corrected chi connectivity index (χ0v) is 17.9. The average Bonchev–Trinajstić information content (AvgIpc) is 2.96. The lowest BCUT2D eigenvalue weighted by Crippen LogP contribution is -2.31. The molecule has 3 nitrogen and oxygen atoms in total. The van der Waals surface area contributed by atoms with Gasteiger partial charge in [0, 0.05) is 9.92 Å². The van der Waals surface area contributed by atoms with E-state index in [0.29, 0.717) is 21.2 Å². The van der Waals surface area contributed by atoms with Crippen molar-refractivity contribution >= 4 is 46.4 Å². The van der Waals surface area contributed by atoms with Crippen molar-refractivity contribution in [3.8, 4) is 0 Å². The number of imide groups is 1. The Morgan fingerprint density at radius 1 is 0.833 bits per heavy atom. The summed E-state index contributed by atoms with van der Waals surface area (Å²) in [6.45, 7) is 3.90. The van der Waals surface area contributed by atoms with E-state index in [1.165, 1.54) is 40.9 Å². The Hall–Kier alpha value is -2.89. The monoisotopic (exact) mass is 437 g/mol. The standard InChI is InChI=1S/C24H17ClFNO2S/c1-14-3-10-19(13-15(14)2)27-23(28)21(16-4-8-18(26)9-5-16)22(24(27)29)30-20-11-6-17(25)7-12-20/h3-13H,1-2H3. The van der Waals surface area contributed by atoms with Gasteiger partial charge in [-0.1, -0.05) is 41.6 Å². The number of amides is 2. The molecule has 0 fully saturated rings. The summed E-state index contributed by atoms with van der Waals surface area (Å²) in [5.41, 5.74) is 3.32. The normalized spacial score (nSPS) is 14.1. The van der Waals surface area contributed by atoms with Gasteiger partial charge in [-0.05, 0) is 79.1 Å². The van der Waals surface area contributed by atoms with Gasteiger partial charge in [0.2, 0.25) is 0 Å². The van der Waals surface area contributed by atoms with E-state index in [4.69, 9.17) is 11.6 Å². The van der Waals surface area contributed by atoms with Crippen LogP contribution in [0.15, 0.2) is 76.5 Å². The number of benzene rings is 3. The molecule has 0 atom stereocenters. The molecule has 3 aromatic carbocycles. The number of hydrogen-bond donors (Lipinski definition) is 0. The van der Waals surface area contributed by atoms with Gasteiger partial charge in [-0.2, -0.15) is 0 Å². The Kier molecular flexibility index (Phi) is 5.50. The second kappa shape index (κ2) is 8.09. The molecule has 0 aliphatic carbocycles. The first-order chi connectivity index (χ1) is 14.3. The highest BCUT2D eigenvalue weighted by Crippen LogP contribution is 2.41. The molecular formula is C24H17ClFNO2S. The second-order valence-electron chi connectivity index (χ2n) is 6.98. The molecule has 150 valence electrons. The first-order valence-corrected chi connectivity index (χ1v) is 10.4. The number of carbonyl (C=O) groups excluding carboxylic acids is 2. The maximum Gasteiger partial charge on any atom is 0.272 e. The topological polar surface area (TPSA) is 37.4 Å². The van der Waals surface area contributed by atoms with Gasteiger partial charge in [-0.25, -0.2) is 9.29 Å². The molecule has 0 bridgehead atoms. The van der Waals surface area contributed by atoms with Crippen molar-refractivity contribution in [3.63, 3.8) is 0 Å². The van der Waals surface area contributed by atoms with Gasteiger partial charge < -0.3 is 0 Å². The van der Waals surface area contributed by atoms with Crippen molar-refractivity contribution in [3.05, 3.63) is 99.2 Å². The third-order valence-corrected chi connectivity index (χ3v) is 6.30. The van der Waals surface area contributed by atoms with E-state index < -0.39 is 17.6 Å². The minimum Gasteiger partial charge on any atom is -0.268 e. The van der Waals surface area contributed by atoms with Crippen LogP contribution in [-0.2, 0) is 9.59 Å². The van der Waals surface area contributed by atoms with Crippen LogP contribution in [-0.4, -0.2) is 11.8 Å². The fraction of sp³-hybridized carbons (Fsp3) is 0.0833. The van der Waals surface area contributed by atoms with E-state index in [9.17, 15) is 14.0 Å². The lowest BCUT2D eigenvalue weighted by molar-refractivity contribution is -0.119. The van der Waals surface area contributed by atoms with Crippen LogP contribution in [0, 0.1) is 19.7 Å². The summed E-state index contributed by atoms with van der Waals surface area (Å²) >= 11 is 7.16. The number of carbonyl (C=O) groups is 2. The summed E-state index contributed by atoms with van der Waals surface area (Å²) in [4.78, 5) is 29.0. The van der Waals surface area contributed by atoms with Crippen molar-refractivity contribution in [1.82, 2.24) is 0 Å². The van der Waals surface area contributed by atoms with Crippen molar-refractivity contribution in [2.75, 3.05) is 4.90 Å². The van der Waals surface area contributed by atoms with Crippen LogP contribution in [0.25, 0.3) is 5.57 Å². The molecule has 3 aromatic rings. The minimum atomic E-state index is -0.425. The predicted octanol–water partition coefficient (Wildman–Crippen LogP) is 6.17. The molecule has 0 aromatic heterocycles. The molecule has 30 heavy (non-hydrogen) atoms. The van der Waals surface area contributed by atoms with Gasteiger partial charge in [0.05, 0.1) is 16.2 Å². The van der Waals surface area contributed by atoms with Crippen molar-refractivity contribution in [2.45, 2.75) is 18.7 Å². The minimum absolute atomic E-state index is 0.262. The summed E-state index contributed by atoms with van der Waals surface area (Å²) in [7, 11) is 0. The maximum atomic E-state index is 13.5. The lowest BCUT2D eigenvalue weighted by Gasteiger charge is -2.16. The fourth-order valence-corrected chi connectivity index (χ4v) is 4.31. The summed E-state index contributed by atoms with van der Waals surface area (Å²) in [5.74, 6) is -1.23. The number of rotatable bonds is 4. The third-order valence-electron chi connectivity index (χ3n) is 4.96. The number of halogens is 2. The van der Waals surface area contributed by atoms with Crippen LogP contribution in [0.1, 0.15) is 16.7 Å². The number of anilines is 1. The van der Waals surface area contributed by atoms with Gasteiger partial charge in [0.25, 0.3) is 11.8 Å². The van der Waals surface area contributed by atoms with Gasteiger partial charge in [0.1, 0.15) is 5.82 Å². The Bertz CT molecular complexity index is 1190. The highest BCUT2D eigenvalue weighted by molar-refractivity contribution is 8.04. The molecular weight excluding hydrogens is 421 g/mol. The summed E-state index contributed by atoms with van der Waals surface area (Å²) in [6, 6.07) is 18.1. The first-order valence-electron chi connectivity index (χ1n) is 9.25. The Morgan fingerprint density at radius 2 is 1.50 bits per heavy atom. The maximum absolute atomic E-state index is 13.5. The van der Waals surface area contributed by atoms with Gasteiger partial charge in [-0.15, -0.1) is 0 Å². The van der Waals surface area contributed by atoms with E-state index >= 15 is 0 Å². The smallest absolute Gasteiger partial charge is 0.268 e. The fourth-order valence-electron chi connectivity index (χ4n) is 3.20. The molecule has 0 saturated heterocycles. The van der Waals surface area contributed by atoms with E-state index in [2.05, 4.69) is 0 Å². The molecule has 1 aliphatic heterocycles. The molecule has 0 N–H and O–H groups in total. The molecule has 1 heterocycles. The molecule has 6 heteroatoms.